The summed E-state index contributed by atoms with van der Waals surface area (Å²) in [6.45, 7) is 4.76. The number of rotatable bonds is 6. The SMILES string of the molecule is Cc1ccc(C[C@@H]2CONC(c3c(Oc4cccc(C5CC5)c4)nnc4ccccc34)=N2)c(C)c1. The van der Waals surface area contributed by atoms with Crippen molar-refractivity contribution in [2.45, 2.75) is 45.1 Å². The molecule has 1 N–H and O–H groups in total. The number of hydrogen-bond acceptors (Lipinski definition) is 6. The maximum atomic E-state index is 6.33. The summed E-state index contributed by atoms with van der Waals surface area (Å²) < 4.78 is 6.33. The lowest BCUT2D eigenvalue weighted by molar-refractivity contribution is 0.0623. The third-order valence-electron chi connectivity index (χ3n) is 6.70. The number of fused-ring (bicyclic) bond motifs is 1. The second-order valence-electron chi connectivity index (χ2n) is 9.52. The number of aryl methyl sites for hydroxylation is 2. The first kappa shape index (κ1) is 21.7. The van der Waals surface area contributed by atoms with Crippen LogP contribution in [-0.2, 0) is 11.3 Å². The highest BCUT2D eigenvalue weighted by molar-refractivity contribution is 6.10. The summed E-state index contributed by atoms with van der Waals surface area (Å²) in [5.74, 6) is 2.43. The van der Waals surface area contributed by atoms with Gasteiger partial charge in [0.15, 0.2) is 5.84 Å². The molecule has 35 heavy (non-hydrogen) atoms. The van der Waals surface area contributed by atoms with Crippen LogP contribution in [0.3, 0.4) is 0 Å². The van der Waals surface area contributed by atoms with Crippen LogP contribution >= 0.6 is 0 Å². The largest absolute Gasteiger partial charge is 0.437 e. The molecule has 6 nitrogen and oxygen atoms in total. The molecule has 1 aliphatic carbocycles. The third-order valence-corrected chi connectivity index (χ3v) is 6.70. The van der Waals surface area contributed by atoms with E-state index in [1.165, 1.54) is 35.1 Å². The number of hydrogen-bond donors (Lipinski definition) is 1. The molecule has 0 saturated heterocycles. The molecule has 0 unspecified atom stereocenters. The van der Waals surface area contributed by atoms with E-state index in [4.69, 9.17) is 14.6 Å². The molecular formula is C29H28N4O2. The molecule has 1 saturated carbocycles. The fourth-order valence-corrected chi connectivity index (χ4v) is 4.70. The normalized spacial score (nSPS) is 17.7. The van der Waals surface area contributed by atoms with Gasteiger partial charge in [-0.15, -0.1) is 10.2 Å². The maximum absolute atomic E-state index is 6.33. The van der Waals surface area contributed by atoms with Crippen LogP contribution in [0.25, 0.3) is 10.9 Å². The molecule has 1 atom stereocenters. The van der Waals surface area contributed by atoms with Crippen molar-refractivity contribution >= 4 is 16.7 Å². The van der Waals surface area contributed by atoms with Crippen molar-refractivity contribution in [2.24, 2.45) is 4.99 Å². The molecule has 176 valence electrons. The summed E-state index contributed by atoms with van der Waals surface area (Å²) in [4.78, 5) is 10.9. The molecule has 3 aromatic carbocycles. The number of benzene rings is 3. The number of aliphatic imine (C=N–C) groups is 1. The second-order valence-corrected chi connectivity index (χ2v) is 9.52. The third kappa shape index (κ3) is 4.62. The Kier molecular flexibility index (Phi) is 5.66. The van der Waals surface area contributed by atoms with E-state index in [2.05, 4.69) is 59.9 Å². The van der Waals surface area contributed by atoms with Crippen molar-refractivity contribution in [1.82, 2.24) is 15.7 Å². The molecule has 0 radical (unpaired) electrons. The van der Waals surface area contributed by atoms with Gasteiger partial charge in [-0.1, -0.05) is 54.1 Å². The van der Waals surface area contributed by atoms with E-state index in [9.17, 15) is 0 Å². The highest BCUT2D eigenvalue weighted by Crippen LogP contribution is 2.41. The van der Waals surface area contributed by atoms with Crippen LogP contribution in [0.15, 0.2) is 71.7 Å². The molecule has 6 rings (SSSR count). The Balaban J connectivity index is 1.38. The fourth-order valence-electron chi connectivity index (χ4n) is 4.70. The second kappa shape index (κ2) is 9.12. The summed E-state index contributed by atoms with van der Waals surface area (Å²) in [6, 6.07) is 22.7. The van der Waals surface area contributed by atoms with Crippen molar-refractivity contribution in [2.75, 3.05) is 6.61 Å². The van der Waals surface area contributed by atoms with Gasteiger partial charge < -0.3 is 4.74 Å². The van der Waals surface area contributed by atoms with Gasteiger partial charge in [0, 0.05) is 5.39 Å². The highest BCUT2D eigenvalue weighted by Gasteiger charge is 2.26. The van der Waals surface area contributed by atoms with Gasteiger partial charge in [0.05, 0.1) is 23.7 Å². The average Bonchev–Trinajstić information content (AvgIpc) is 3.72. The number of amidine groups is 1. The molecule has 1 aliphatic heterocycles. The van der Waals surface area contributed by atoms with Gasteiger partial charge in [0.2, 0.25) is 0 Å². The Bertz CT molecular complexity index is 1430. The Morgan fingerprint density at radius 1 is 0.971 bits per heavy atom. The van der Waals surface area contributed by atoms with Gasteiger partial charge in [-0.2, -0.15) is 0 Å². The standard InChI is InChI=1S/C29H28N4O2/c1-18-10-11-21(19(2)14-18)15-23-17-34-33-28(30-23)27-25-8-3-4-9-26(25)31-32-29(27)35-24-7-5-6-22(16-24)20-12-13-20/h3-11,14,16,20,23H,12-13,15,17H2,1-2H3,(H,30,33)/t23-/m1/s1. The topological polar surface area (TPSA) is 68.6 Å². The molecule has 6 heteroatoms. The lowest BCUT2D eigenvalue weighted by Crippen LogP contribution is -2.37. The minimum absolute atomic E-state index is 0.0226. The Labute approximate surface area is 205 Å². The van der Waals surface area contributed by atoms with Crippen LogP contribution in [0, 0.1) is 13.8 Å². The van der Waals surface area contributed by atoms with E-state index in [1.54, 1.807) is 0 Å². The molecule has 0 bridgehead atoms. The molecule has 2 aliphatic rings. The van der Waals surface area contributed by atoms with Crippen molar-refractivity contribution < 1.29 is 9.57 Å². The van der Waals surface area contributed by atoms with Gasteiger partial charge in [0.25, 0.3) is 5.88 Å². The highest BCUT2D eigenvalue weighted by atomic mass is 16.6. The van der Waals surface area contributed by atoms with Crippen LogP contribution in [0.1, 0.15) is 46.6 Å². The number of hydroxylamine groups is 1. The molecule has 2 heterocycles. The van der Waals surface area contributed by atoms with E-state index in [0.717, 1.165) is 28.6 Å². The Hall–Kier alpha value is -3.77. The van der Waals surface area contributed by atoms with Crippen molar-refractivity contribution in [3.8, 4) is 11.6 Å². The lowest BCUT2D eigenvalue weighted by atomic mass is 9.99. The first-order valence-corrected chi connectivity index (χ1v) is 12.2. The van der Waals surface area contributed by atoms with Crippen molar-refractivity contribution in [3.05, 3.63) is 94.5 Å². The fraction of sp³-hybridized carbons (Fsp3) is 0.276. The van der Waals surface area contributed by atoms with Gasteiger partial charge in [-0.3, -0.25) is 9.83 Å². The predicted octanol–water partition coefficient (Wildman–Crippen LogP) is 5.81. The number of nitrogens with one attached hydrogen (secondary N) is 1. The number of ether oxygens (including phenoxy) is 1. The Morgan fingerprint density at radius 3 is 2.71 bits per heavy atom. The van der Waals surface area contributed by atoms with Gasteiger partial charge >= 0.3 is 0 Å². The van der Waals surface area contributed by atoms with E-state index in [1.807, 2.05) is 36.4 Å². The minimum atomic E-state index is -0.0226. The summed E-state index contributed by atoms with van der Waals surface area (Å²) in [7, 11) is 0. The summed E-state index contributed by atoms with van der Waals surface area (Å²) in [6.07, 6.45) is 3.28. The monoisotopic (exact) mass is 464 g/mol. The summed E-state index contributed by atoms with van der Waals surface area (Å²) >= 11 is 0. The average molecular weight is 465 g/mol. The Morgan fingerprint density at radius 2 is 1.86 bits per heavy atom. The van der Waals surface area contributed by atoms with Gasteiger partial charge in [0.1, 0.15) is 5.75 Å². The van der Waals surface area contributed by atoms with E-state index in [0.29, 0.717) is 24.2 Å². The smallest absolute Gasteiger partial charge is 0.250 e. The summed E-state index contributed by atoms with van der Waals surface area (Å²) in [5.41, 5.74) is 9.70. The molecule has 1 aromatic heterocycles. The zero-order valence-electron chi connectivity index (χ0n) is 20.0. The first-order valence-electron chi connectivity index (χ1n) is 12.2. The van der Waals surface area contributed by atoms with E-state index in [-0.39, 0.29) is 6.04 Å². The van der Waals surface area contributed by atoms with Crippen LogP contribution in [0.2, 0.25) is 0 Å². The van der Waals surface area contributed by atoms with Crippen LogP contribution < -0.4 is 10.2 Å². The van der Waals surface area contributed by atoms with E-state index >= 15 is 0 Å². The first-order chi connectivity index (χ1) is 17.1. The number of nitrogens with zero attached hydrogens (tertiary/aromatic N) is 3. The molecule has 1 fully saturated rings. The quantitative estimate of drug-likeness (QED) is 0.390. The molecule has 4 aromatic rings. The van der Waals surface area contributed by atoms with Gasteiger partial charge in [-0.05, 0) is 73.9 Å². The van der Waals surface area contributed by atoms with Crippen LogP contribution in [-0.4, -0.2) is 28.7 Å². The molecule has 0 spiro atoms. The zero-order chi connectivity index (χ0) is 23.8. The molecule has 0 amide bonds. The summed E-state index contributed by atoms with van der Waals surface area (Å²) in [5, 5.41) is 9.78. The molecular weight excluding hydrogens is 436 g/mol. The predicted molar refractivity (Wildman–Crippen MR) is 137 cm³/mol. The van der Waals surface area contributed by atoms with Crippen molar-refractivity contribution in [1.29, 1.82) is 0 Å². The van der Waals surface area contributed by atoms with Crippen LogP contribution in [0.4, 0.5) is 0 Å². The van der Waals surface area contributed by atoms with Gasteiger partial charge in [-0.25, -0.2) is 5.48 Å². The number of aromatic nitrogens is 2. The zero-order valence-corrected chi connectivity index (χ0v) is 20.0. The van der Waals surface area contributed by atoms with E-state index < -0.39 is 0 Å². The maximum Gasteiger partial charge on any atom is 0.250 e. The van der Waals surface area contributed by atoms with Crippen LogP contribution in [0.5, 0.6) is 11.6 Å². The lowest BCUT2D eigenvalue weighted by Gasteiger charge is -2.24. The van der Waals surface area contributed by atoms with Crippen molar-refractivity contribution in [3.63, 3.8) is 0 Å². The minimum Gasteiger partial charge on any atom is -0.437 e.